The van der Waals surface area contributed by atoms with Gasteiger partial charge in [-0.1, -0.05) is 67.9 Å². The van der Waals surface area contributed by atoms with Gasteiger partial charge in [0.25, 0.3) is 0 Å². The zero-order valence-electron chi connectivity index (χ0n) is 21.5. The standard InChI is InChI=1S/C29H37F2NO4/c1-5-35-27(34)29(30,31)25(33)21-13-9-10-14-22(21)26-32(18-20-11-7-6-8-12-20)28(3,4)23-16-15-19(2)17-24(23)36-26/h6-14,19,23-26,33H,5,15-18H2,1-4H3/t19-,23-,24-,25+,26+/m1/s1. The second kappa shape index (κ2) is 10.6. The molecule has 1 saturated carbocycles. The molecule has 1 aliphatic carbocycles. The summed E-state index contributed by atoms with van der Waals surface area (Å²) in [4.78, 5) is 14.2. The first kappa shape index (κ1) is 26.7. The van der Waals surface area contributed by atoms with Crippen molar-refractivity contribution in [1.29, 1.82) is 0 Å². The van der Waals surface area contributed by atoms with Crippen LogP contribution in [-0.4, -0.2) is 40.1 Å². The Labute approximate surface area is 212 Å². The predicted molar refractivity (Wildman–Crippen MR) is 133 cm³/mol. The predicted octanol–water partition coefficient (Wildman–Crippen LogP) is 6.03. The molecule has 2 aromatic carbocycles. The molecule has 5 nitrogen and oxygen atoms in total. The van der Waals surface area contributed by atoms with Crippen molar-refractivity contribution in [3.05, 3.63) is 71.3 Å². The van der Waals surface area contributed by atoms with E-state index in [1.54, 1.807) is 18.2 Å². The van der Waals surface area contributed by atoms with Gasteiger partial charge < -0.3 is 14.6 Å². The number of benzene rings is 2. The van der Waals surface area contributed by atoms with Gasteiger partial charge >= 0.3 is 11.9 Å². The zero-order valence-corrected chi connectivity index (χ0v) is 21.5. The highest BCUT2D eigenvalue weighted by molar-refractivity contribution is 5.78. The fraction of sp³-hybridized carbons (Fsp3) is 0.552. The first-order chi connectivity index (χ1) is 17.1. The van der Waals surface area contributed by atoms with Crippen LogP contribution in [0.3, 0.4) is 0 Å². The molecule has 5 atom stereocenters. The van der Waals surface area contributed by atoms with Gasteiger partial charge in [0.1, 0.15) is 6.23 Å². The van der Waals surface area contributed by atoms with Crippen molar-refractivity contribution < 1.29 is 28.2 Å². The minimum atomic E-state index is -4.09. The topological polar surface area (TPSA) is 59.0 Å². The third-order valence-corrected chi connectivity index (χ3v) is 7.93. The van der Waals surface area contributed by atoms with Gasteiger partial charge in [-0.25, -0.2) is 4.79 Å². The number of ether oxygens (including phenoxy) is 2. The molecule has 2 aliphatic rings. The molecule has 0 aromatic heterocycles. The number of aliphatic hydroxyl groups is 1. The summed E-state index contributed by atoms with van der Waals surface area (Å²) in [5.74, 6) is -5.04. The Hall–Kier alpha value is -2.35. The number of alkyl halides is 2. The molecule has 7 heteroatoms. The van der Waals surface area contributed by atoms with Crippen molar-refractivity contribution in [1.82, 2.24) is 4.90 Å². The molecule has 2 fully saturated rings. The number of carbonyl (C=O) groups excluding carboxylic acids is 1. The monoisotopic (exact) mass is 501 g/mol. The molecule has 0 spiro atoms. The minimum absolute atomic E-state index is 0.0308. The second-order valence-corrected chi connectivity index (χ2v) is 10.7. The molecule has 0 bridgehead atoms. The lowest BCUT2D eigenvalue weighted by molar-refractivity contribution is -0.241. The SMILES string of the molecule is CCOC(=O)C(F)(F)[C@@H](O)c1ccccc1[C@@H]1O[C@@H]2C[C@H](C)CC[C@H]2C(C)(C)N1Cc1ccccc1. The van der Waals surface area contributed by atoms with Crippen LogP contribution in [-0.2, 0) is 20.8 Å². The molecule has 4 rings (SSSR count). The fourth-order valence-electron chi connectivity index (χ4n) is 5.87. The first-order valence-corrected chi connectivity index (χ1v) is 12.8. The average Bonchev–Trinajstić information content (AvgIpc) is 2.85. The number of rotatable bonds is 7. The van der Waals surface area contributed by atoms with E-state index in [9.17, 15) is 18.7 Å². The third kappa shape index (κ3) is 5.06. The Bertz CT molecular complexity index is 1040. The van der Waals surface area contributed by atoms with Gasteiger partial charge in [0, 0.05) is 23.6 Å². The number of hydrogen-bond donors (Lipinski definition) is 1. The second-order valence-electron chi connectivity index (χ2n) is 10.7. The summed E-state index contributed by atoms with van der Waals surface area (Å²) in [5, 5.41) is 10.8. The Kier molecular flexibility index (Phi) is 7.83. The number of nitrogens with zero attached hydrogens (tertiary/aromatic N) is 1. The highest BCUT2D eigenvalue weighted by atomic mass is 19.3. The highest BCUT2D eigenvalue weighted by Crippen LogP contribution is 2.50. The van der Waals surface area contributed by atoms with E-state index in [4.69, 9.17) is 4.74 Å². The van der Waals surface area contributed by atoms with Crippen LogP contribution in [0.15, 0.2) is 54.6 Å². The van der Waals surface area contributed by atoms with E-state index >= 15 is 0 Å². The molecule has 0 unspecified atom stereocenters. The maximum Gasteiger partial charge on any atom is 0.380 e. The van der Waals surface area contributed by atoms with E-state index in [1.807, 2.05) is 30.3 Å². The Balaban J connectivity index is 1.78. The molecule has 2 aromatic rings. The van der Waals surface area contributed by atoms with Crippen LogP contribution in [0.5, 0.6) is 0 Å². The molecule has 0 amide bonds. The maximum absolute atomic E-state index is 15.0. The third-order valence-electron chi connectivity index (χ3n) is 7.93. The number of halogens is 2. The minimum Gasteiger partial charge on any atom is -0.461 e. The molecule has 1 heterocycles. The van der Waals surface area contributed by atoms with Gasteiger partial charge in [-0.2, -0.15) is 8.78 Å². The summed E-state index contributed by atoms with van der Waals surface area (Å²) in [6.45, 7) is 8.42. The Morgan fingerprint density at radius 1 is 1.17 bits per heavy atom. The van der Waals surface area contributed by atoms with Crippen LogP contribution in [0.4, 0.5) is 8.78 Å². The summed E-state index contributed by atoms with van der Waals surface area (Å²) in [5.41, 5.74) is 1.19. The van der Waals surface area contributed by atoms with Crippen LogP contribution in [0.2, 0.25) is 0 Å². The maximum atomic E-state index is 15.0. The van der Waals surface area contributed by atoms with Crippen molar-refractivity contribution in [3.8, 4) is 0 Å². The summed E-state index contributed by atoms with van der Waals surface area (Å²) in [7, 11) is 0. The molecule has 0 radical (unpaired) electrons. The Morgan fingerprint density at radius 3 is 2.53 bits per heavy atom. The number of esters is 1. The van der Waals surface area contributed by atoms with E-state index in [-0.39, 0.29) is 29.7 Å². The quantitative estimate of drug-likeness (QED) is 0.469. The van der Waals surface area contributed by atoms with Gasteiger partial charge in [-0.05, 0) is 50.7 Å². The van der Waals surface area contributed by atoms with E-state index in [2.05, 4.69) is 30.4 Å². The van der Waals surface area contributed by atoms with Crippen molar-refractivity contribution in [2.24, 2.45) is 11.8 Å². The number of fused-ring (bicyclic) bond motifs is 1. The van der Waals surface area contributed by atoms with Crippen molar-refractivity contribution in [2.45, 2.75) is 83.4 Å². The highest BCUT2D eigenvalue weighted by Gasteiger charge is 2.53. The van der Waals surface area contributed by atoms with Crippen molar-refractivity contribution >= 4 is 5.97 Å². The molecule has 1 N–H and O–H groups in total. The summed E-state index contributed by atoms with van der Waals surface area (Å²) >= 11 is 0. The lowest BCUT2D eigenvalue weighted by atomic mass is 9.69. The molecule has 1 aliphatic heterocycles. The van der Waals surface area contributed by atoms with E-state index < -0.39 is 24.2 Å². The van der Waals surface area contributed by atoms with E-state index in [0.717, 1.165) is 24.8 Å². The van der Waals surface area contributed by atoms with Gasteiger partial charge in [0.15, 0.2) is 6.10 Å². The summed E-state index contributed by atoms with van der Waals surface area (Å²) in [6, 6.07) is 16.5. The molecule has 196 valence electrons. The van der Waals surface area contributed by atoms with Crippen LogP contribution in [0.25, 0.3) is 0 Å². The zero-order chi connectivity index (χ0) is 26.1. The molecule has 1 saturated heterocycles. The van der Waals surface area contributed by atoms with E-state index in [1.165, 1.54) is 13.0 Å². The molecule has 36 heavy (non-hydrogen) atoms. The van der Waals surface area contributed by atoms with Gasteiger partial charge in [0.2, 0.25) is 0 Å². The number of hydrogen-bond acceptors (Lipinski definition) is 5. The van der Waals surface area contributed by atoms with E-state index in [0.29, 0.717) is 18.0 Å². The summed E-state index contributed by atoms with van der Waals surface area (Å²) in [6.07, 6.45) is -0.0119. The van der Waals surface area contributed by atoms with Crippen LogP contribution in [0, 0.1) is 11.8 Å². The van der Waals surface area contributed by atoms with Gasteiger partial charge in [0.05, 0.1) is 12.7 Å². The Morgan fingerprint density at radius 2 is 1.83 bits per heavy atom. The lowest BCUT2D eigenvalue weighted by Gasteiger charge is -2.57. The number of aliphatic hydroxyl groups excluding tert-OH is 1. The van der Waals surface area contributed by atoms with Crippen LogP contribution in [0.1, 0.15) is 76.0 Å². The lowest BCUT2D eigenvalue weighted by Crippen LogP contribution is -2.61. The summed E-state index contributed by atoms with van der Waals surface area (Å²) < 4.78 is 41.2. The first-order valence-electron chi connectivity index (χ1n) is 12.8. The average molecular weight is 502 g/mol. The van der Waals surface area contributed by atoms with Gasteiger partial charge in [-0.15, -0.1) is 0 Å². The van der Waals surface area contributed by atoms with Crippen molar-refractivity contribution in [2.75, 3.05) is 6.61 Å². The number of carbonyl (C=O) groups is 1. The smallest absolute Gasteiger partial charge is 0.380 e. The fourth-order valence-corrected chi connectivity index (χ4v) is 5.87. The largest absolute Gasteiger partial charge is 0.461 e. The molecular weight excluding hydrogens is 464 g/mol. The van der Waals surface area contributed by atoms with Gasteiger partial charge in [-0.3, -0.25) is 4.90 Å². The molecular formula is C29H37F2NO4. The normalized spacial score (nSPS) is 27.2. The van der Waals surface area contributed by atoms with Crippen LogP contribution < -0.4 is 0 Å². The van der Waals surface area contributed by atoms with Crippen molar-refractivity contribution in [3.63, 3.8) is 0 Å². The van der Waals surface area contributed by atoms with Crippen LogP contribution >= 0.6 is 0 Å².